The van der Waals surface area contributed by atoms with E-state index in [1.54, 1.807) is 18.2 Å². The number of aryl methyl sites for hydroxylation is 1. The lowest BCUT2D eigenvalue weighted by molar-refractivity contribution is -0.120. The average molecular weight is 602 g/mol. The van der Waals surface area contributed by atoms with Crippen molar-refractivity contribution in [1.29, 1.82) is 0 Å². The summed E-state index contributed by atoms with van der Waals surface area (Å²) in [7, 11) is 3.82. The highest BCUT2D eigenvalue weighted by atomic mass is 19.3. The highest BCUT2D eigenvalue weighted by molar-refractivity contribution is 5.96. The molecule has 43 heavy (non-hydrogen) atoms. The lowest BCUT2D eigenvalue weighted by Gasteiger charge is -2.13. The highest BCUT2D eigenvalue weighted by Crippen LogP contribution is 2.32. The van der Waals surface area contributed by atoms with Crippen LogP contribution >= 0.6 is 0 Å². The van der Waals surface area contributed by atoms with Gasteiger partial charge >= 0.3 is 6.61 Å². The van der Waals surface area contributed by atoms with Crippen LogP contribution in [-0.2, 0) is 11.2 Å². The monoisotopic (exact) mass is 601 g/mol. The maximum Gasteiger partial charge on any atom is 0.387 e. The summed E-state index contributed by atoms with van der Waals surface area (Å²) in [6.07, 6.45) is 4.94. The standard InChI is InChI=1S/C29H31F4N7O3/c1-4-17-15-18(5-6-19(17)28(42)36-10-9-23(41)34-11-13-39(2)3)38-26-27-37-16-21(40(27)14-12-35-26)20-7-8-22(43-29(32)33)25(31)24(20)30/h5-8,12,14-16,29H,4,9-11,13H2,1-3H3,(H,34,41)(H,35,38)(H,36,42). The number of nitrogens with one attached hydrogen (secondary N) is 3. The summed E-state index contributed by atoms with van der Waals surface area (Å²) in [4.78, 5) is 35.4. The second-order valence-corrected chi connectivity index (χ2v) is 9.74. The van der Waals surface area contributed by atoms with Gasteiger partial charge in [0.25, 0.3) is 5.91 Å². The summed E-state index contributed by atoms with van der Waals surface area (Å²) in [5.41, 5.74) is 2.05. The number of amides is 2. The molecule has 0 saturated carbocycles. The van der Waals surface area contributed by atoms with Crippen molar-refractivity contribution in [3.05, 3.63) is 71.7 Å². The number of carbonyl (C=O) groups excluding carboxylic acids is 2. The second kappa shape index (κ2) is 14.0. The number of carbonyl (C=O) groups is 2. The number of alkyl halides is 2. The predicted octanol–water partition coefficient (Wildman–Crippen LogP) is 4.38. The van der Waals surface area contributed by atoms with Crippen LogP contribution in [0.4, 0.5) is 29.1 Å². The van der Waals surface area contributed by atoms with Gasteiger partial charge in [0.1, 0.15) is 0 Å². The summed E-state index contributed by atoms with van der Waals surface area (Å²) < 4.78 is 59.7. The Morgan fingerprint density at radius 1 is 1.05 bits per heavy atom. The van der Waals surface area contributed by atoms with E-state index in [4.69, 9.17) is 0 Å². The molecule has 2 heterocycles. The Kier molecular flexibility index (Phi) is 10.1. The van der Waals surface area contributed by atoms with E-state index in [2.05, 4.69) is 30.7 Å². The molecule has 0 unspecified atom stereocenters. The van der Waals surface area contributed by atoms with Gasteiger partial charge in [-0.25, -0.2) is 14.4 Å². The highest BCUT2D eigenvalue weighted by Gasteiger charge is 2.21. The van der Waals surface area contributed by atoms with Crippen molar-refractivity contribution >= 4 is 29.0 Å². The molecule has 228 valence electrons. The number of hydrogen-bond donors (Lipinski definition) is 3. The molecule has 0 radical (unpaired) electrons. The zero-order chi connectivity index (χ0) is 31.1. The number of nitrogens with zero attached hydrogens (tertiary/aromatic N) is 4. The lowest BCUT2D eigenvalue weighted by atomic mass is 10.0. The molecule has 4 rings (SSSR count). The zero-order valence-electron chi connectivity index (χ0n) is 23.8. The van der Waals surface area contributed by atoms with Crippen LogP contribution in [0.5, 0.6) is 5.75 Å². The third kappa shape index (κ3) is 7.57. The largest absolute Gasteiger partial charge is 0.432 e. The molecule has 0 aliphatic carbocycles. The van der Waals surface area contributed by atoms with Gasteiger partial charge in [0.05, 0.1) is 11.9 Å². The number of hydrogen-bond acceptors (Lipinski definition) is 7. The molecule has 4 aromatic rings. The fraction of sp³-hybridized carbons (Fsp3) is 0.310. The molecule has 0 aliphatic heterocycles. The Hall–Kier alpha value is -4.72. The number of likely N-dealkylation sites (N-methyl/N-ethyl adjacent to an activating group) is 1. The van der Waals surface area contributed by atoms with Gasteiger partial charge in [0, 0.05) is 55.3 Å². The predicted molar refractivity (Wildman–Crippen MR) is 153 cm³/mol. The zero-order valence-corrected chi connectivity index (χ0v) is 23.8. The van der Waals surface area contributed by atoms with Crippen molar-refractivity contribution in [2.45, 2.75) is 26.4 Å². The number of aromatic nitrogens is 3. The number of rotatable bonds is 13. The molecule has 2 aromatic carbocycles. The summed E-state index contributed by atoms with van der Waals surface area (Å²) in [5.74, 6) is -3.96. The van der Waals surface area contributed by atoms with E-state index in [-0.39, 0.29) is 41.7 Å². The normalized spacial score (nSPS) is 11.3. The number of halogens is 4. The number of anilines is 2. The minimum atomic E-state index is -3.30. The van der Waals surface area contributed by atoms with E-state index in [1.807, 2.05) is 25.9 Å². The maximum absolute atomic E-state index is 14.8. The summed E-state index contributed by atoms with van der Waals surface area (Å²) in [5, 5.41) is 8.72. The summed E-state index contributed by atoms with van der Waals surface area (Å²) in [6.45, 7) is 0.0365. The van der Waals surface area contributed by atoms with Crippen LogP contribution in [0.15, 0.2) is 48.9 Å². The molecule has 2 aromatic heterocycles. The van der Waals surface area contributed by atoms with Gasteiger partial charge in [-0.2, -0.15) is 13.2 Å². The average Bonchev–Trinajstić information content (AvgIpc) is 3.40. The van der Waals surface area contributed by atoms with Gasteiger partial charge < -0.3 is 25.6 Å². The Bertz CT molecular complexity index is 1610. The molecule has 14 heteroatoms. The minimum Gasteiger partial charge on any atom is -0.432 e. The van der Waals surface area contributed by atoms with Gasteiger partial charge in [-0.15, -0.1) is 0 Å². The first-order valence-corrected chi connectivity index (χ1v) is 13.4. The number of fused-ring (bicyclic) bond motifs is 1. The van der Waals surface area contributed by atoms with Crippen molar-refractivity contribution in [1.82, 2.24) is 29.9 Å². The molecule has 2 amide bonds. The van der Waals surface area contributed by atoms with Crippen LogP contribution in [0.1, 0.15) is 29.3 Å². The van der Waals surface area contributed by atoms with Crippen LogP contribution in [-0.4, -0.2) is 71.4 Å². The van der Waals surface area contributed by atoms with Crippen LogP contribution in [0.3, 0.4) is 0 Å². The first kappa shape index (κ1) is 31.2. The van der Waals surface area contributed by atoms with Gasteiger partial charge in [0.2, 0.25) is 11.7 Å². The number of ether oxygens (including phenoxy) is 1. The molecule has 10 nitrogen and oxygen atoms in total. The molecular weight excluding hydrogens is 570 g/mol. The van der Waals surface area contributed by atoms with Crippen molar-refractivity contribution in [2.75, 3.05) is 39.0 Å². The molecule has 0 bridgehead atoms. The number of benzene rings is 2. The molecule has 0 saturated heterocycles. The van der Waals surface area contributed by atoms with Crippen LogP contribution in [0.25, 0.3) is 16.9 Å². The van der Waals surface area contributed by atoms with E-state index in [9.17, 15) is 27.2 Å². The quantitative estimate of drug-likeness (QED) is 0.195. The van der Waals surface area contributed by atoms with Gasteiger partial charge in [-0.3, -0.25) is 14.0 Å². The lowest BCUT2D eigenvalue weighted by Crippen LogP contribution is -2.34. The fourth-order valence-electron chi connectivity index (χ4n) is 4.34. The van der Waals surface area contributed by atoms with Crippen molar-refractivity contribution in [2.24, 2.45) is 0 Å². The smallest absolute Gasteiger partial charge is 0.387 e. The molecule has 0 aliphatic rings. The topological polar surface area (TPSA) is 113 Å². The summed E-state index contributed by atoms with van der Waals surface area (Å²) in [6, 6.07) is 7.18. The Morgan fingerprint density at radius 2 is 1.84 bits per heavy atom. The first-order valence-electron chi connectivity index (χ1n) is 13.4. The van der Waals surface area contributed by atoms with Crippen molar-refractivity contribution in [3.8, 4) is 17.0 Å². The third-order valence-corrected chi connectivity index (χ3v) is 6.48. The molecule has 0 spiro atoms. The summed E-state index contributed by atoms with van der Waals surface area (Å²) >= 11 is 0. The van der Waals surface area contributed by atoms with Gasteiger partial charge in [-0.05, 0) is 56.4 Å². The van der Waals surface area contributed by atoms with Crippen LogP contribution in [0, 0.1) is 11.6 Å². The third-order valence-electron chi connectivity index (χ3n) is 6.48. The Balaban J connectivity index is 1.48. The molecular formula is C29H31F4N7O3. The molecule has 0 fully saturated rings. The van der Waals surface area contributed by atoms with E-state index < -0.39 is 24.0 Å². The van der Waals surface area contributed by atoms with Gasteiger partial charge in [-0.1, -0.05) is 6.92 Å². The van der Waals surface area contributed by atoms with E-state index in [1.165, 1.54) is 23.0 Å². The van der Waals surface area contributed by atoms with E-state index in [0.717, 1.165) is 24.2 Å². The van der Waals surface area contributed by atoms with Crippen molar-refractivity contribution in [3.63, 3.8) is 0 Å². The first-order chi connectivity index (χ1) is 20.6. The minimum absolute atomic E-state index is 0.146. The van der Waals surface area contributed by atoms with E-state index >= 15 is 0 Å². The Labute approximate surface area is 245 Å². The molecule has 3 N–H and O–H groups in total. The van der Waals surface area contributed by atoms with Crippen molar-refractivity contribution < 1.29 is 31.9 Å². The van der Waals surface area contributed by atoms with Crippen LogP contribution in [0.2, 0.25) is 0 Å². The van der Waals surface area contributed by atoms with E-state index in [0.29, 0.717) is 30.0 Å². The molecule has 0 atom stereocenters. The second-order valence-electron chi connectivity index (χ2n) is 9.74. The number of imidazole rings is 1. The van der Waals surface area contributed by atoms with Gasteiger partial charge in [0.15, 0.2) is 23.0 Å². The Morgan fingerprint density at radius 3 is 2.56 bits per heavy atom. The maximum atomic E-state index is 14.8. The van der Waals surface area contributed by atoms with Crippen LogP contribution < -0.4 is 20.7 Å². The fourth-order valence-corrected chi connectivity index (χ4v) is 4.34. The SMILES string of the molecule is CCc1cc(Nc2nccn3c(-c4ccc(OC(F)F)c(F)c4F)cnc23)ccc1C(=O)NCCC(=O)NCCN(C)C.